The van der Waals surface area contributed by atoms with Crippen LogP contribution >= 0.6 is 12.2 Å². The van der Waals surface area contributed by atoms with Gasteiger partial charge in [-0.05, 0) is 56.5 Å². The SMILES string of the molecule is CCCCN(C(=S)Nc1c(C)cccc1C)C1CCN(C(C)=O)CC1. The summed E-state index contributed by atoms with van der Waals surface area (Å²) in [6.07, 6.45) is 4.24. The number of nitrogens with one attached hydrogen (secondary N) is 1. The summed E-state index contributed by atoms with van der Waals surface area (Å²) < 4.78 is 0. The molecule has 5 heteroatoms. The molecule has 4 nitrogen and oxygen atoms in total. The van der Waals surface area contributed by atoms with Crippen LogP contribution in [0.4, 0.5) is 5.69 Å². The molecule has 1 aliphatic heterocycles. The fourth-order valence-corrected chi connectivity index (χ4v) is 3.80. The van der Waals surface area contributed by atoms with Gasteiger partial charge in [0.2, 0.25) is 5.91 Å². The minimum Gasteiger partial charge on any atom is -0.346 e. The average molecular weight is 362 g/mol. The Labute approximate surface area is 157 Å². The van der Waals surface area contributed by atoms with Gasteiger partial charge in [-0.1, -0.05) is 31.5 Å². The molecule has 1 aliphatic rings. The number of rotatable bonds is 5. The highest BCUT2D eigenvalue weighted by Crippen LogP contribution is 2.23. The van der Waals surface area contributed by atoms with E-state index in [1.165, 1.54) is 11.1 Å². The molecular weight excluding hydrogens is 330 g/mol. The third-order valence-electron chi connectivity index (χ3n) is 5.08. The second-order valence-corrected chi connectivity index (χ2v) is 7.37. The lowest BCUT2D eigenvalue weighted by Crippen LogP contribution is -2.50. The molecule has 0 aliphatic carbocycles. The molecule has 25 heavy (non-hydrogen) atoms. The zero-order valence-corrected chi connectivity index (χ0v) is 16.8. The molecule has 1 aromatic carbocycles. The van der Waals surface area contributed by atoms with E-state index >= 15 is 0 Å². The third-order valence-corrected chi connectivity index (χ3v) is 5.41. The van der Waals surface area contributed by atoms with Gasteiger partial charge in [-0.2, -0.15) is 0 Å². The number of unbranched alkanes of at least 4 members (excludes halogenated alkanes) is 1. The molecule has 1 saturated heterocycles. The molecule has 0 atom stereocenters. The molecule has 1 aromatic rings. The van der Waals surface area contributed by atoms with Crippen molar-refractivity contribution >= 4 is 28.9 Å². The fraction of sp³-hybridized carbons (Fsp3) is 0.600. The topological polar surface area (TPSA) is 35.6 Å². The number of hydrogen-bond acceptors (Lipinski definition) is 2. The number of aryl methyl sites for hydroxylation is 2. The van der Waals surface area contributed by atoms with Crippen molar-refractivity contribution in [3.63, 3.8) is 0 Å². The molecule has 1 heterocycles. The van der Waals surface area contributed by atoms with Crippen molar-refractivity contribution in [2.24, 2.45) is 0 Å². The monoisotopic (exact) mass is 361 g/mol. The van der Waals surface area contributed by atoms with Crippen molar-refractivity contribution < 1.29 is 4.79 Å². The molecule has 2 rings (SSSR count). The van der Waals surface area contributed by atoms with Crippen molar-refractivity contribution in [1.29, 1.82) is 0 Å². The molecule has 0 aromatic heterocycles. The molecule has 0 saturated carbocycles. The van der Waals surface area contributed by atoms with Gasteiger partial charge in [0, 0.05) is 38.3 Å². The first-order valence-electron chi connectivity index (χ1n) is 9.33. The van der Waals surface area contributed by atoms with Gasteiger partial charge in [0.15, 0.2) is 5.11 Å². The van der Waals surface area contributed by atoms with Gasteiger partial charge < -0.3 is 15.1 Å². The maximum absolute atomic E-state index is 11.6. The van der Waals surface area contributed by atoms with Crippen LogP contribution in [-0.4, -0.2) is 46.5 Å². The number of thiocarbonyl (C=S) groups is 1. The summed E-state index contributed by atoms with van der Waals surface area (Å²) in [6, 6.07) is 6.70. The van der Waals surface area contributed by atoms with E-state index in [0.717, 1.165) is 56.1 Å². The average Bonchev–Trinajstić information content (AvgIpc) is 2.59. The number of piperidine rings is 1. The van der Waals surface area contributed by atoms with E-state index in [4.69, 9.17) is 12.2 Å². The summed E-state index contributed by atoms with van der Waals surface area (Å²) in [5, 5.41) is 4.31. The zero-order valence-electron chi connectivity index (χ0n) is 16.0. The minimum absolute atomic E-state index is 0.176. The summed E-state index contributed by atoms with van der Waals surface area (Å²) in [6.45, 7) is 10.7. The second kappa shape index (κ2) is 9.18. The lowest BCUT2D eigenvalue weighted by molar-refractivity contribution is -0.130. The van der Waals surface area contributed by atoms with E-state index in [2.05, 4.69) is 49.2 Å². The van der Waals surface area contributed by atoms with Gasteiger partial charge in [0.05, 0.1) is 0 Å². The summed E-state index contributed by atoms with van der Waals surface area (Å²) in [4.78, 5) is 15.9. The molecule has 1 N–H and O–H groups in total. The third kappa shape index (κ3) is 5.18. The Balaban J connectivity index is 2.08. The quantitative estimate of drug-likeness (QED) is 0.801. The normalized spacial score (nSPS) is 15.1. The summed E-state index contributed by atoms with van der Waals surface area (Å²) in [5.41, 5.74) is 3.54. The Morgan fingerprint density at radius 3 is 2.40 bits per heavy atom. The van der Waals surface area contributed by atoms with Gasteiger partial charge in [0.1, 0.15) is 0 Å². The minimum atomic E-state index is 0.176. The highest BCUT2D eigenvalue weighted by Gasteiger charge is 2.27. The Hall–Kier alpha value is -1.62. The lowest BCUT2D eigenvalue weighted by atomic mass is 10.0. The van der Waals surface area contributed by atoms with E-state index in [9.17, 15) is 4.79 Å². The van der Waals surface area contributed by atoms with Gasteiger partial charge in [0.25, 0.3) is 0 Å². The van der Waals surface area contributed by atoms with E-state index in [-0.39, 0.29) is 5.91 Å². The van der Waals surface area contributed by atoms with Crippen molar-refractivity contribution in [2.75, 3.05) is 25.0 Å². The van der Waals surface area contributed by atoms with Gasteiger partial charge >= 0.3 is 0 Å². The number of benzene rings is 1. The molecule has 0 spiro atoms. The highest BCUT2D eigenvalue weighted by molar-refractivity contribution is 7.80. The highest BCUT2D eigenvalue weighted by atomic mass is 32.1. The van der Waals surface area contributed by atoms with E-state index in [0.29, 0.717) is 6.04 Å². The number of para-hydroxylation sites is 1. The number of hydrogen-bond donors (Lipinski definition) is 1. The Kier molecular flexibility index (Phi) is 7.24. The van der Waals surface area contributed by atoms with E-state index < -0.39 is 0 Å². The first-order valence-corrected chi connectivity index (χ1v) is 9.74. The van der Waals surface area contributed by atoms with Gasteiger partial charge in [-0.3, -0.25) is 4.79 Å². The Morgan fingerprint density at radius 2 is 1.88 bits per heavy atom. The first kappa shape index (κ1) is 19.7. The molecule has 138 valence electrons. The summed E-state index contributed by atoms with van der Waals surface area (Å²) in [7, 11) is 0. The van der Waals surface area contributed by atoms with E-state index in [1.807, 2.05) is 4.90 Å². The van der Waals surface area contributed by atoms with E-state index in [1.54, 1.807) is 6.92 Å². The van der Waals surface area contributed by atoms with Crippen LogP contribution in [0.1, 0.15) is 50.7 Å². The van der Waals surface area contributed by atoms with Crippen LogP contribution in [0.15, 0.2) is 18.2 Å². The van der Waals surface area contributed by atoms with Crippen LogP contribution in [0.2, 0.25) is 0 Å². The van der Waals surface area contributed by atoms with Crippen molar-refractivity contribution in [3.8, 4) is 0 Å². The standard InChI is InChI=1S/C20H31N3OS/c1-5-6-12-23(18-10-13-22(14-11-18)17(4)24)20(25)21-19-15(2)8-7-9-16(19)3/h7-9,18H,5-6,10-14H2,1-4H3,(H,21,25). The van der Waals surface area contributed by atoms with Gasteiger partial charge in [-0.25, -0.2) is 0 Å². The van der Waals surface area contributed by atoms with Crippen LogP contribution in [0.5, 0.6) is 0 Å². The molecule has 1 amide bonds. The predicted octanol–water partition coefficient (Wildman–Crippen LogP) is 4.11. The number of anilines is 1. The summed E-state index contributed by atoms with van der Waals surface area (Å²) >= 11 is 5.79. The van der Waals surface area contributed by atoms with Gasteiger partial charge in [-0.15, -0.1) is 0 Å². The largest absolute Gasteiger partial charge is 0.346 e. The number of nitrogens with zero attached hydrogens (tertiary/aromatic N) is 2. The zero-order chi connectivity index (χ0) is 18.4. The number of carbonyl (C=O) groups excluding carboxylic acids is 1. The fourth-order valence-electron chi connectivity index (χ4n) is 3.46. The number of carbonyl (C=O) groups is 1. The van der Waals surface area contributed by atoms with Crippen LogP contribution < -0.4 is 5.32 Å². The number of amides is 1. The van der Waals surface area contributed by atoms with Crippen LogP contribution in [-0.2, 0) is 4.79 Å². The van der Waals surface area contributed by atoms with Crippen LogP contribution in [0.25, 0.3) is 0 Å². The van der Waals surface area contributed by atoms with Crippen molar-refractivity contribution in [3.05, 3.63) is 29.3 Å². The second-order valence-electron chi connectivity index (χ2n) is 6.98. The molecule has 1 fully saturated rings. The van der Waals surface area contributed by atoms with Crippen molar-refractivity contribution in [2.45, 2.75) is 59.4 Å². The van der Waals surface area contributed by atoms with Crippen LogP contribution in [0.3, 0.4) is 0 Å². The maximum Gasteiger partial charge on any atom is 0.219 e. The Bertz CT molecular complexity index is 589. The lowest BCUT2D eigenvalue weighted by Gasteiger charge is -2.40. The van der Waals surface area contributed by atoms with Crippen molar-refractivity contribution in [1.82, 2.24) is 9.80 Å². The first-order chi connectivity index (χ1) is 11.9. The maximum atomic E-state index is 11.6. The molecule has 0 unspecified atom stereocenters. The van der Waals surface area contributed by atoms with Crippen LogP contribution in [0, 0.1) is 13.8 Å². The predicted molar refractivity (Wildman–Crippen MR) is 109 cm³/mol. The Morgan fingerprint density at radius 1 is 1.28 bits per heavy atom. The molecule has 0 bridgehead atoms. The molecule has 0 radical (unpaired) electrons. The smallest absolute Gasteiger partial charge is 0.219 e. The summed E-state index contributed by atoms with van der Waals surface area (Å²) in [5.74, 6) is 0.176. The molecular formula is C20H31N3OS. The number of likely N-dealkylation sites (tertiary alicyclic amines) is 1.